The number of carbonyl (C=O) groups is 2. The Morgan fingerprint density at radius 2 is 1.78 bits per heavy atom. The number of benzene rings is 2. The molecule has 3 aliphatic heterocycles. The number of aryl methyl sites for hydroxylation is 1. The average Bonchev–Trinajstić information content (AvgIpc) is 3.64. The van der Waals surface area contributed by atoms with Gasteiger partial charge in [0.15, 0.2) is 0 Å². The van der Waals surface area contributed by atoms with Crippen molar-refractivity contribution in [2.45, 2.75) is 76.0 Å². The number of fused-ring (bicyclic) bond motifs is 1. The Hall–Kier alpha value is -3.06. The van der Waals surface area contributed by atoms with Crippen molar-refractivity contribution < 1.29 is 24.2 Å². The summed E-state index contributed by atoms with van der Waals surface area (Å²) in [6.45, 7) is 7.53. The first-order valence-corrected chi connectivity index (χ1v) is 13.1. The van der Waals surface area contributed by atoms with Crippen LogP contribution in [0, 0.1) is 0 Å². The SMILES string of the molecule is CC1(C)CCc2cc(CN3CCC4(CC3)CN(c3ccc(C(=O)O)cc3)C(=O)O4)cc(C3CC3)c2O1. The highest BCUT2D eigenvalue weighted by atomic mass is 16.6. The number of amides is 1. The second-order valence-corrected chi connectivity index (χ2v) is 11.6. The molecule has 1 aliphatic carbocycles. The summed E-state index contributed by atoms with van der Waals surface area (Å²) < 4.78 is 12.4. The first-order chi connectivity index (χ1) is 17.2. The fourth-order valence-corrected chi connectivity index (χ4v) is 5.89. The Bertz CT molecular complexity index is 1190. The lowest BCUT2D eigenvalue weighted by atomic mass is 9.89. The van der Waals surface area contributed by atoms with Gasteiger partial charge in [-0.1, -0.05) is 12.1 Å². The van der Waals surface area contributed by atoms with E-state index in [4.69, 9.17) is 14.6 Å². The number of ether oxygens (including phenoxy) is 2. The fraction of sp³-hybridized carbons (Fsp3) is 0.517. The van der Waals surface area contributed by atoms with Gasteiger partial charge in [-0.15, -0.1) is 0 Å². The number of likely N-dealkylation sites (tertiary alicyclic amines) is 1. The van der Waals surface area contributed by atoms with Gasteiger partial charge < -0.3 is 14.6 Å². The van der Waals surface area contributed by atoms with Gasteiger partial charge in [-0.25, -0.2) is 9.59 Å². The normalized spacial score (nSPS) is 22.7. The molecule has 36 heavy (non-hydrogen) atoms. The molecule has 0 unspecified atom stereocenters. The number of hydrogen-bond acceptors (Lipinski definition) is 5. The zero-order valence-electron chi connectivity index (χ0n) is 21.1. The Balaban J connectivity index is 1.12. The molecule has 0 atom stereocenters. The van der Waals surface area contributed by atoms with Crippen LogP contribution in [0.1, 0.15) is 78.9 Å². The van der Waals surface area contributed by atoms with Crippen molar-refractivity contribution in [2.24, 2.45) is 0 Å². The van der Waals surface area contributed by atoms with Crippen molar-refractivity contribution in [1.82, 2.24) is 4.90 Å². The summed E-state index contributed by atoms with van der Waals surface area (Å²) in [7, 11) is 0. The van der Waals surface area contributed by atoms with E-state index in [9.17, 15) is 9.59 Å². The van der Waals surface area contributed by atoms with Crippen molar-refractivity contribution in [3.05, 3.63) is 58.7 Å². The van der Waals surface area contributed by atoms with E-state index in [1.54, 1.807) is 17.0 Å². The number of hydrogen-bond donors (Lipinski definition) is 1. The molecule has 3 fully saturated rings. The highest BCUT2D eigenvalue weighted by molar-refractivity contribution is 5.92. The van der Waals surface area contributed by atoms with E-state index in [2.05, 4.69) is 30.9 Å². The van der Waals surface area contributed by atoms with Crippen LogP contribution in [0.25, 0.3) is 0 Å². The third-order valence-corrected chi connectivity index (χ3v) is 8.22. The maximum absolute atomic E-state index is 12.7. The molecule has 7 nitrogen and oxygen atoms in total. The molecule has 2 aromatic rings. The largest absolute Gasteiger partial charge is 0.487 e. The molecule has 4 aliphatic rings. The van der Waals surface area contributed by atoms with Gasteiger partial charge in [0, 0.05) is 38.2 Å². The van der Waals surface area contributed by atoms with E-state index in [1.807, 2.05) is 0 Å². The van der Waals surface area contributed by atoms with Gasteiger partial charge in [0.05, 0.1) is 12.1 Å². The topological polar surface area (TPSA) is 79.3 Å². The number of carboxylic acid groups (broad SMARTS) is 1. The molecule has 1 saturated carbocycles. The summed E-state index contributed by atoms with van der Waals surface area (Å²) in [5, 5.41) is 9.13. The maximum atomic E-state index is 12.7. The van der Waals surface area contributed by atoms with E-state index in [1.165, 1.54) is 41.7 Å². The molecule has 2 saturated heterocycles. The van der Waals surface area contributed by atoms with Gasteiger partial charge in [0.2, 0.25) is 0 Å². The van der Waals surface area contributed by atoms with Crippen LogP contribution in [0.5, 0.6) is 5.75 Å². The van der Waals surface area contributed by atoms with E-state index in [0.29, 0.717) is 18.2 Å². The van der Waals surface area contributed by atoms with Crippen LogP contribution in [-0.4, -0.2) is 52.9 Å². The standard InChI is InChI=1S/C29H34N2O5/c1-28(2)10-9-22-15-19(16-24(20-3-4-20)25(22)35-28)17-30-13-11-29(12-14-30)18-31(27(34)36-29)23-7-5-21(6-8-23)26(32)33/h5-8,15-16,20H,3-4,9-14,17-18H2,1-2H3,(H,32,33). The molecular weight excluding hydrogens is 456 g/mol. The minimum absolute atomic E-state index is 0.0930. The number of aromatic carboxylic acids is 1. The van der Waals surface area contributed by atoms with Crippen LogP contribution in [0.15, 0.2) is 36.4 Å². The third-order valence-electron chi connectivity index (χ3n) is 8.22. The second kappa shape index (κ2) is 8.51. The molecule has 6 rings (SSSR count). The summed E-state index contributed by atoms with van der Waals surface area (Å²) in [6, 6.07) is 11.1. The average molecular weight is 491 g/mol. The van der Waals surface area contributed by atoms with E-state index in [-0.39, 0.29) is 17.3 Å². The lowest BCUT2D eigenvalue weighted by Gasteiger charge is -2.38. The van der Waals surface area contributed by atoms with Crippen molar-refractivity contribution in [1.29, 1.82) is 0 Å². The van der Waals surface area contributed by atoms with Crippen molar-refractivity contribution in [2.75, 3.05) is 24.5 Å². The molecule has 0 bridgehead atoms. The monoisotopic (exact) mass is 490 g/mol. The van der Waals surface area contributed by atoms with Crippen LogP contribution in [0.3, 0.4) is 0 Å². The first-order valence-electron chi connectivity index (χ1n) is 13.1. The summed E-state index contributed by atoms with van der Waals surface area (Å²) in [6.07, 6.45) is 5.86. The quantitative estimate of drug-likeness (QED) is 0.608. The molecule has 7 heteroatoms. The molecule has 1 amide bonds. The predicted molar refractivity (Wildman–Crippen MR) is 136 cm³/mol. The van der Waals surface area contributed by atoms with Crippen LogP contribution in [-0.2, 0) is 17.7 Å². The number of rotatable bonds is 5. The minimum Gasteiger partial charge on any atom is -0.487 e. The number of carboxylic acids is 1. The molecule has 1 spiro atoms. The summed E-state index contributed by atoms with van der Waals surface area (Å²) in [4.78, 5) is 27.9. The molecule has 2 aromatic carbocycles. The summed E-state index contributed by atoms with van der Waals surface area (Å²) in [5.41, 5.74) is 4.43. The van der Waals surface area contributed by atoms with E-state index < -0.39 is 11.6 Å². The Morgan fingerprint density at radius 1 is 1.06 bits per heavy atom. The van der Waals surface area contributed by atoms with Crippen LogP contribution >= 0.6 is 0 Å². The molecular formula is C29H34N2O5. The van der Waals surface area contributed by atoms with Crippen molar-refractivity contribution >= 4 is 17.7 Å². The molecule has 3 heterocycles. The van der Waals surface area contributed by atoms with Crippen LogP contribution in [0.4, 0.5) is 10.5 Å². The number of piperidine rings is 1. The van der Waals surface area contributed by atoms with Gasteiger partial charge in [0.1, 0.15) is 17.0 Å². The lowest BCUT2D eigenvalue weighted by molar-refractivity contribution is -0.000998. The number of nitrogens with zero attached hydrogens (tertiary/aromatic N) is 2. The molecule has 190 valence electrons. The zero-order valence-corrected chi connectivity index (χ0v) is 21.1. The maximum Gasteiger partial charge on any atom is 0.415 e. The van der Waals surface area contributed by atoms with Crippen molar-refractivity contribution in [3.63, 3.8) is 0 Å². The lowest BCUT2D eigenvalue weighted by Crippen LogP contribution is -2.46. The fourth-order valence-electron chi connectivity index (χ4n) is 5.89. The van der Waals surface area contributed by atoms with Gasteiger partial charge in [0.25, 0.3) is 0 Å². The minimum atomic E-state index is -0.978. The van der Waals surface area contributed by atoms with Gasteiger partial charge >= 0.3 is 12.1 Å². The number of carbonyl (C=O) groups excluding carboxylic acids is 1. The smallest absolute Gasteiger partial charge is 0.415 e. The van der Waals surface area contributed by atoms with Gasteiger partial charge in [-0.2, -0.15) is 0 Å². The molecule has 1 N–H and O–H groups in total. The van der Waals surface area contributed by atoms with Gasteiger partial charge in [-0.3, -0.25) is 9.80 Å². The Kier molecular flexibility index (Phi) is 5.52. The highest BCUT2D eigenvalue weighted by Gasteiger charge is 2.47. The molecule has 0 aromatic heterocycles. The summed E-state index contributed by atoms with van der Waals surface area (Å²) >= 11 is 0. The predicted octanol–water partition coefficient (Wildman–Crippen LogP) is 5.36. The van der Waals surface area contributed by atoms with E-state index >= 15 is 0 Å². The number of anilines is 1. The summed E-state index contributed by atoms with van der Waals surface area (Å²) in [5.74, 6) is 0.809. The third kappa shape index (κ3) is 4.45. The molecule has 0 radical (unpaired) electrons. The van der Waals surface area contributed by atoms with Crippen LogP contribution < -0.4 is 9.64 Å². The van der Waals surface area contributed by atoms with Crippen molar-refractivity contribution in [3.8, 4) is 5.75 Å². The van der Waals surface area contributed by atoms with Gasteiger partial charge in [-0.05, 0) is 86.4 Å². The van der Waals surface area contributed by atoms with Crippen LogP contribution in [0.2, 0.25) is 0 Å². The Labute approximate surface area is 212 Å². The van der Waals surface area contributed by atoms with E-state index in [0.717, 1.165) is 51.1 Å². The Morgan fingerprint density at radius 3 is 2.44 bits per heavy atom. The first kappa shape index (κ1) is 23.3. The highest BCUT2D eigenvalue weighted by Crippen LogP contribution is 2.49. The zero-order chi connectivity index (χ0) is 25.1. The second-order valence-electron chi connectivity index (χ2n) is 11.6.